The largest absolute Gasteiger partial charge is 0.481 e. The number of ketones is 1. The Balaban J connectivity index is 1.62. The van der Waals surface area contributed by atoms with Crippen molar-refractivity contribution in [3.63, 3.8) is 0 Å². The van der Waals surface area contributed by atoms with E-state index in [0.29, 0.717) is 32.2 Å². The average Bonchev–Trinajstić information content (AvgIpc) is 2.93. The number of ether oxygens (including phenoxy) is 3. The van der Waals surface area contributed by atoms with Gasteiger partial charge in [0, 0.05) is 28.7 Å². The molecule has 0 aromatic carbocycles. The lowest BCUT2D eigenvalue weighted by Gasteiger charge is -2.70. The number of rotatable bonds is 8. The molecular formula is C38H61NO7. The van der Waals surface area contributed by atoms with Gasteiger partial charge >= 0.3 is 11.9 Å². The molecule has 8 heteroatoms. The van der Waals surface area contributed by atoms with Crippen LogP contribution in [0.15, 0.2) is 11.6 Å². The molecule has 2 bridgehead atoms. The fraction of sp³-hybridized carbons (Fsp3) is 0.868. The van der Waals surface area contributed by atoms with Gasteiger partial charge in [-0.3, -0.25) is 14.4 Å². The minimum atomic E-state index is -1.04. The van der Waals surface area contributed by atoms with Crippen LogP contribution >= 0.6 is 0 Å². The van der Waals surface area contributed by atoms with Gasteiger partial charge in [-0.25, -0.2) is 0 Å². The number of fused-ring (bicyclic) bond motifs is 3. The van der Waals surface area contributed by atoms with Gasteiger partial charge in [-0.05, 0) is 101 Å². The molecule has 5 aliphatic rings. The van der Waals surface area contributed by atoms with E-state index < -0.39 is 45.1 Å². The van der Waals surface area contributed by atoms with Crippen molar-refractivity contribution < 1.29 is 33.7 Å². The predicted molar refractivity (Wildman–Crippen MR) is 177 cm³/mol. The molecule has 1 heterocycles. The second-order valence-corrected chi connectivity index (χ2v) is 18.0. The van der Waals surface area contributed by atoms with Gasteiger partial charge < -0.3 is 24.2 Å². The number of aliphatic carboxylic acids is 1. The van der Waals surface area contributed by atoms with E-state index in [-0.39, 0.29) is 41.1 Å². The van der Waals surface area contributed by atoms with Crippen LogP contribution in [0.4, 0.5) is 0 Å². The quantitative estimate of drug-likeness (QED) is 0.303. The van der Waals surface area contributed by atoms with Crippen LogP contribution in [0.25, 0.3) is 0 Å². The number of carbonyl (C=O) groups is 3. The number of carbonyl (C=O) groups excluding carboxylic acids is 2. The summed E-state index contributed by atoms with van der Waals surface area (Å²) >= 11 is 0. The van der Waals surface area contributed by atoms with Crippen LogP contribution in [0.3, 0.4) is 0 Å². The SMILES string of the molecule is CC(=O)O[C@@H]1C[C@@]23COCC(C)([C@H]1OCC(C)(C)N(C)C)[C@@H]2CC[C@H]1C3=CC(=O)[C@@]2(C)[C@H](C(=O)O)[C@@](C)([C@H](C)C(C)C)CC[C@]12C. The van der Waals surface area contributed by atoms with Crippen LogP contribution in [0.1, 0.15) is 101 Å². The summed E-state index contributed by atoms with van der Waals surface area (Å²) in [6.45, 7) is 22.2. The molecule has 4 aliphatic carbocycles. The maximum Gasteiger partial charge on any atom is 0.308 e. The van der Waals surface area contributed by atoms with Crippen LogP contribution in [0, 0.1) is 56.7 Å². The van der Waals surface area contributed by atoms with E-state index in [2.05, 4.69) is 60.3 Å². The molecule has 1 aliphatic heterocycles. The Labute approximate surface area is 277 Å². The first-order chi connectivity index (χ1) is 21.1. The molecule has 260 valence electrons. The van der Waals surface area contributed by atoms with Crippen molar-refractivity contribution in [1.82, 2.24) is 4.90 Å². The van der Waals surface area contributed by atoms with E-state index >= 15 is 0 Å². The minimum Gasteiger partial charge on any atom is -0.481 e. The van der Waals surface area contributed by atoms with Gasteiger partial charge in [-0.15, -0.1) is 0 Å². The number of nitrogens with zero attached hydrogens (tertiary/aromatic N) is 1. The van der Waals surface area contributed by atoms with Crippen molar-refractivity contribution in [2.24, 2.45) is 56.7 Å². The molecule has 4 fully saturated rings. The normalized spacial score (nSPS) is 44.5. The van der Waals surface area contributed by atoms with Crippen molar-refractivity contribution in [2.45, 2.75) is 119 Å². The van der Waals surface area contributed by atoms with E-state index in [1.165, 1.54) is 6.92 Å². The van der Waals surface area contributed by atoms with E-state index in [1.54, 1.807) is 0 Å². The van der Waals surface area contributed by atoms with Crippen molar-refractivity contribution in [3.8, 4) is 0 Å². The third-order valence-electron chi connectivity index (χ3n) is 15.1. The molecule has 5 rings (SSSR count). The lowest BCUT2D eigenvalue weighted by Crippen LogP contribution is -2.71. The molecule has 0 aromatic rings. The fourth-order valence-electron chi connectivity index (χ4n) is 11.4. The summed E-state index contributed by atoms with van der Waals surface area (Å²) in [7, 11) is 4.08. The maximum absolute atomic E-state index is 14.8. The summed E-state index contributed by atoms with van der Waals surface area (Å²) in [5.74, 6) is -1.37. The highest BCUT2D eigenvalue weighted by molar-refractivity contribution is 6.00. The van der Waals surface area contributed by atoms with Gasteiger partial charge in [-0.1, -0.05) is 54.0 Å². The molecule has 1 saturated heterocycles. The number of hydrogen-bond donors (Lipinski definition) is 1. The second kappa shape index (κ2) is 11.4. The number of carboxylic acids is 1. The number of allylic oxidation sites excluding steroid dienone is 1. The molecule has 8 nitrogen and oxygen atoms in total. The summed E-state index contributed by atoms with van der Waals surface area (Å²) in [6, 6.07) is 0. The highest BCUT2D eigenvalue weighted by Gasteiger charge is 2.74. The van der Waals surface area contributed by atoms with Gasteiger partial charge in [0.25, 0.3) is 0 Å². The zero-order valence-electron chi connectivity index (χ0n) is 30.6. The fourth-order valence-corrected chi connectivity index (χ4v) is 11.4. The van der Waals surface area contributed by atoms with Crippen LogP contribution in [0.5, 0.6) is 0 Å². The van der Waals surface area contributed by atoms with Crippen LogP contribution in [-0.4, -0.2) is 79.4 Å². The van der Waals surface area contributed by atoms with Crippen LogP contribution < -0.4 is 0 Å². The van der Waals surface area contributed by atoms with Crippen molar-refractivity contribution in [1.29, 1.82) is 0 Å². The summed E-state index contributed by atoms with van der Waals surface area (Å²) in [5.41, 5.74) is -2.12. The molecule has 0 radical (unpaired) electrons. The highest BCUT2D eigenvalue weighted by atomic mass is 16.6. The van der Waals surface area contributed by atoms with E-state index in [1.807, 2.05) is 27.1 Å². The molecule has 1 unspecified atom stereocenters. The Hall–Kier alpha value is -1.77. The van der Waals surface area contributed by atoms with Crippen molar-refractivity contribution >= 4 is 17.7 Å². The van der Waals surface area contributed by atoms with Crippen LogP contribution in [0.2, 0.25) is 0 Å². The summed E-state index contributed by atoms with van der Waals surface area (Å²) < 4.78 is 19.4. The second-order valence-electron chi connectivity index (χ2n) is 18.0. The van der Waals surface area contributed by atoms with Crippen molar-refractivity contribution in [3.05, 3.63) is 11.6 Å². The predicted octanol–water partition coefficient (Wildman–Crippen LogP) is 6.41. The van der Waals surface area contributed by atoms with Gasteiger partial charge in [0.2, 0.25) is 0 Å². The molecule has 3 saturated carbocycles. The molecule has 0 spiro atoms. The topological polar surface area (TPSA) is 102 Å². The highest BCUT2D eigenvalue weighted by Crippen LogP contribution is 2.74. The molecular weight excluding hydrogens is 582 g/mol. The molecule has 1 N–H and O–H groups in total. The zero-order chi connectivity index (χ0) is 34.4. The van der Waals surface area contributed by atoms with E-state index in [9.17, 15) is 19.5 Å². The lowest BCUT2D eigenvalue weighted by molar-refractivity contribution is -0.269. The summed E-state index contributed by atoms with van der Waals surface area (Å²) in [5, 5.41) is 10.9. The summed E-state index contributed by atoms with van der Waals surface area (Å²) in [4.78, 5) is 42.9. The summed E-state index contributed by atoms with van der Waals surface area (Å²) in [6.07, 6.45) is 4.95. The average molecular weight is 644 g/mol. The monoisotopic (exact) mass is 643 g/mol. The molecule has 0 aromatic heterocycles. The lowest BCUT2D eigenvalue weighted by atomic mass is 9.34. The maximum atomic E-state index is 14.8. The number of likely N-dealkylation sites (N-methyl/N-ethyl adjacent to an activating group) is 1. The first kappa shape index (κ1) is 35.5. The van der Waals surface area contributed by atoms with E-state index in [0.717, 1.165) is 31.3 Å². The first-order valence-electron chi connectivity index (χ1n) is 17.7. The molecule has 11 atom stereocenters. The minimum absolute atomic E-state index is 0.0428. The van der Waals surface area contributed by atoms with Gasteiger partial charge in [0.05, 0.1) is 25.7 Å². The Morgan fingerprint density at radius 3 is 2.30 bits per heavy atom. The Morgan fingerprint density at radius 1 is 1.09 bits per heavy atom. The van der Waals surface area contributed by atoms with Gasteiger partial charge in [0.1, 0.15) is 12.2 Å². The number of esters is 1. The molecule has 46 heavy (non-hydrogen) atoms. The first-order valence-corrected chi connectivity index (χ1v) is 17.7. The third-order valence-corrected chi connectivity index (χ3v) is 15.1. The number of carboxylic acid groups (broad SMARTS) is 1. The standard InChI is InChI=1S/C38H61NO7/c1-22(2)23(3)34(7)15-16-36(9)25-13-14-28-35(8)20-44-21-38(28,26(25)17-29(41)37(36,10)30(34)32(42)43)18-27(46-24(4)40)31(35)45-19-33(5,6)39(11)12/h17,22-23,25,27-28,30-31H,13-16,18-21H2,1-12H3,(H,42,43)/t23-,25+,27-,28+,30-,31+,34-,35?,36-,37+,38+/m1/s1. The number of hydrogen-bond acceptors (Lipinski definition) is 7. The smallest absolute Gasteiger partial charge is 0.308 e. The Morgan fingerprint density at radius 2 is 1.74 bits per heavy atom. The van der Waals surface area contributed by atoms with Crippen molar-refractivity contribution in [2.75, 3.05) is 33.9 Å². The van der Waals surface area contributed by atoms with Crippen LogP contribution in [-0.2, 0) is 28.6 Å². The Kier molecular flexibility index (Phi) is 8.81. The zero-order valence-corrected chi connectivity index (χ0v) is 30.6. The van der Waals surface area contributed by atoms with Gasteiger partial charge in [0.15, 0.2) is 5.78 Å². The van der Waals surface area contributed by atoms with E-state index in [4.69, 9.17) is 14.2 Å². The third kappa shape index (κ3) is 4.80. The van der Waals surface area contributed by atoms with Gasteiger partial charge in [-0.2, -0.15) is 0 Å². The Bertz CT molecular complexity index is 1290. The molecule has 0 amide bonds.